The first kappa shape index (κ1) is 21.1. The first-order valence-electron chi connectivity index (χ1n) is 10.0. The molecule has 0 atom stereocenters. The van der Waals surface area contributed by atoms with Gasteiger partial charge >= 0.3 is 0 Å². The number of benzene rings is 4. The van der Waals surface area contributed by atoms with E-state index in [4.69, 9.17) is 16.1 Å². The van der Waals surface area contributed by atoms with Crippen molar-refractivity contribution in [3.8, 4) is 11.3 Å². The van der Waals surface area contributed by atoms with Crippen molar-refractivity contribution in [2.75, 3.05) is 0 Å². The van der Waals surface area contributed by atoms with Crippen molar-refractivity contribution in [1.82, 2.24) is 5.16 Å². The lowest BCUT2D eigenvalue weighted by atomic mass is 9.99. The fraction of sp³-hybridized carbons (Fsp3) is 0. The predicted octanol–water partition coefficient (Wildman–Crippen LogP) is 6.21. The van der Waals surface area contributed by atoms with E-state index in [-0.39, 0.29) is 21.2 Å². The molecule has 0 fully saturated rings. The summed E-state index contributed by atoms with van der Waals surface area (Å²) in [5.41, 5.74) is 0.520. The number of fused-ring (bicyclic) bond motifs is 1. The van der Waals surface area contributed by atoms with Gasteiger partial charge in [0.05, 0.1) is 4.90 Å². The summed E-state index contributed by atoms with van der Waals surface area (Å²) in [5, 5.41) is 5.99. The molecular formula is C26H16ClNO4S. The van der Waals surface area contributed by atoms with E-state index >= 15 is 0 Å². The molecule has 0 unspecified atom stereocenters. The van der Waals surface area contributed by atoms with Gasteiger partial charge in [0.1, 0.15) is 0 Å². The quantitative estimate of drug-likeness (QED) is 0.283. The molecule has 0 bridgehead atoms. The van der Waals surface area contributed by atoms with Crippen LogP contribution in [0.15, 0.2) is 111 Å². The summed E-state index contributed by atoms with van der Waals surface area (Å²) >= 11 is 6.00. The van der Waals surface area contributed by atoms with Gasteiger partial charge < -0.3 is 4.52 Å². The molecule has 0 saturated heterocycles. The third-order valence-corrected chi connectivity index (χ3v) is 7.39. The minimum Gasteiger partial charge on any atom is -0.354 e. The van der Waals surface area contributed by atoms with Crippen molar-refractivity contribution in [1.29, 1.82) is 0 Å². The molecule has 0 spiro atoms. The zero-order valence-corrected chi connectivity index (χ0v) is 18.7. The second kappa shape index (κ2) is 8.31. The van der Waals surface area contributed by atoms with Gasteiger partial charge in [0, 0.05) is 16.1 Å². The number of ketones is 1. The zero-order chi connectivity index (χ0) is 23.0. The van der Waals surface area contributed by atoms with E-state index in [1.165, 1.54) is 12.1 Å². The van der Waals surface area contributed by atoms with Crippen molar-refractivity contribution in [2.45, 2.75) is 9.79 Å². The molecule has 0 amide bonds. The van der Waals surface area contributed by atoms with E-state index in [0.717, 1.165) is 5.39 Å². The number of sulfone groups is 1. The highest BCUT2D eigenvalue weighted by Crippen LogP contribution is 2.36. The van der Waals surface area contributed by atoms with Crippen LogP contribution in [0.25, 0.3) is 22.1 Å². The van der Waals surface area contributed by atoms with Crippen LogP contribution in [0.1, 0.15) is 16.1 Å². The first-order chi connectivity index (χ1) is 16.0. The lowest BCUT2D eigenvalue weighted by Crippen LogP contribution is -2.11. The Labute approximate surface area is 195 Å². The number of hydrogen-bond donors (Lipinski definition) is 0. The molecule has 5 aromatic rings. The number of aromatic nitrogens is 1. The van der Waals surface area contributed by atoms with E-state index in [1.54, 1.807) is 54.6 Å². The number of rotatable bonds is 5. The maximum Gasteiger partial charge on any atom is 0.216 e. The van der Waals surface area contributed by atoms with E-state index in [0.29, 0.717) is 21.5 Å². The van der Waals surface area contributed by atoms with Crippen LogP contribution in [0.3, 0.4) is 0 Å². The topological polar surface area (TPSA) is 77.2 Å². The second-order valence-electron chi connectivity index (χ2n) is 7.37. The highest BCUT2D eigenvalue weighted by atomic mass is 35.5. The maximum absolute atomic E-state index is 13.7. The predicted molar refractivity (Wildman–Crippen MR) is 126 cm³/mol. The summed E-state index contributed by atoms with van der Waals surface area (Å²) in [6, 6.07) is 27.1. The van der Waals surface area contributed by atoms with Crippen LogP contribution in [0.5, 0.6) is 0 Å². The minimum atomic E-state index is -4.13. The molecule has 5 nitrogen and oxygen atoms in total. The highest BCUT2D eigenvalue weighted by Gasteiger charge is 2.34. The Morgan fingerprint density at radius 1 is 0.788 bits per heavy atom. The molecule has 0 aliphatic rings. The van der Waals surface area contributed by atoms with E-state index in [9.17, 15) is 13.2 Å². The summed E-state index contributed by atoms with van der Waals surface area (Å²) in [5.74, 6) is -0.552. The molecule has 0 radical (unpaired) electrons. The van der Waals surface area contributed by atoms with Crippen molar-refractivity contribution in [2.24, 2.45) is 0 Å². The van der Waals surface area contributed by atoms with Crippen LogP contribution in [-0.2, 0) is 9.84 Å². The van der Waals surface area contributed by atoms with E-state index in [2.05, 4.69) is 5.16 Å². The van der Waals surface area contributed by atoms with Crippen LogP contribution < -0.4 is 0 Å². The molecule has 5 rings (SSSR count). The standard InChI is InChI=1S/C26H16ClNO4S/c27-19-15-13-18(14-16-19)25-26(33(30,31)20-9-2-1-3-10-20)23(28-32-25)24(29)22-12-6-8-17-7-4-5-11-21(17)22/h1-16H. The highest BCUT2D eigenvalue weighted by molar-refractivity contribution is 7.91. The van der Waals surface area contributed by atoms with E-state index < -0.39 is 15.6 Å². The van der Waals surface area contributed by atoms with Gasteiger partial charge in [0.2, 0.25) is 15.6 Å². The number of nitrogens with zero attached hydrogens (tertiary/aromatic N) is 1. The summed E-state index contributed by atoms with van der Waals surface area (Å²) in [6.07, 6.45) is 0. The maximum atomic E-state index is 13.7. The summed E-state index contributed by atoms with van der Waals surface area (Å²) < 4.78 is 32.9. The number of hydrogen-bond acceptors (Lipinski definition) is 5. The average Bonchev–Trinajstić information content (AvgIpc) is 3.30. The SMILES string of the molecule is O=C(c1noc(-c2ccc(Cl)cc2)c1S(=O)(=O)c1ccccc1)c1cccc2ccccc12. The van der Waals surface area contributed by atoms with Gasteiger partial charge in [-0.25, -0.2) is 8.42 Å². The third kappa shape index (κ3) is 3.73. The lowest BCUT2D eigenvalue weighted by molar-refractivity contribution is 0.102. The van der Waals surface area contributed by atoms with Gasteiger partial charge in [0.25, 0.3) is 0 Å². The van der Waals surface area contributed by atoms with Crippen molar-refractivity contribution in [3.63, 3.8) is 0 Å². The van der Waals surface area contributed by atoms with Gasteiger partial charge in [-0.3, -0.25) is 4.79 Å². The van der Waals surface area contributed by atoms with Gasteiger partial charge in [-0.05, 0) is 47.2 Å². The van der Waals surface area contributed by atoms with Crippen molar-refractivity contribution < 1.29 is 17.7 Å². The number of halogens is 1. The van der Waals surface area contributed by atoms with E-state index in [1.807, 2.05) is 30.3 Å². The summed E-state index contributed by atoms with van der Waals surface area (Å²) in [7, 11) is -4.13. The smallest absolute Gasteiger partial charge is 0.216 e. The zero-order valence-electron chi connectivity index (χ0n) is 17.1. The Balaban J connectivity index is 1.76. The second-order valence-corrected chi connectivity index (χ2v) is 9.69. The largest absolute Gasteiger partial charge is 0.354 e. The molecule has 1 aromatic heterocycles. The molecule has 162 valence electrons. The van der Waals surface area contributed by atoms with Gasteiger partial charge in [0.15, 0.2) is 16.3 Å². The van der Waals surface area contributed by atoms with Crippen molar-refractivity contribution in [3.05, 3.63) is 113 Å². The molecular weight excluding hydrogens is 458 g/mol. The lowest BCUT2D eigenvalue weighted by Gasteiger charge is -2.08. The first-order valence-corrected chi connectivity index (χ1v) is 11.9. The van der Waals surface area contributed by atoms with Crippen molar-refractivity contribution >= 4 is 38.0 Å². The minimum absolute atomic E-state index is 0.0147. The summed E-state index contributed by atoms with van der Waals surface area (Å²) in [4.78, 5) is 13.4. The fourth-order valence-corrected chi connectivity index (χ4v) is 5.39. The molecule has 1 heterocycles. The third-order valence-electron chi connectivity index (χ3n) is 5.33. The van der Waals surface area contributed by atoms with Crippen LogP contribution >= 0.6 is 11.6 Å². The Hall–Kier alpha value is -3.74. The summed E-state index contributed by atoms with van der Waals surface area (Å²) in [6.45, 7) is 0. The van der Waals surface area contributed by atoms with Crippen LogP contribution in [0, 0.1) is 0 Å². The Bertz CT molecular complexity index is 1590. The molecule has 0 saturated carbocycles. The molecule has 33 heavy (non-hydrogen) atoms. The van der Waals surface area contributed by atoms with Crippen LogP contribution in [0.2, 0.25) is 5.02 Å². The van der Waals surface area contributed by atoms with Crippen LogP contribution in [0.4, 0.5) is 0 Å². The van der Waals surface area contributed by atoms with Crippen LogP contribution in [-0.4, -0.2) is 19.4 Å². The Kier molecular flexibility index (Phi) is 5.32. The molecule has 0 N–H and O–H groups in total. The average molecular weight is 474 g/mol. The van der Waals surface area contributed by atoms with Gasteiger partial charge in [-0.15, -0.1) is 0 Å². The Morgan fingerprint density at radius 3 is 2.21 bits per heavy atom. The monoisotopic (exact) mass is 473 g/mol. The van der Waals surface area contributed by atoms with Gasteiger partial charge in [-0.1, -0.05) is 77.4 Å². The van der Waals surface area contributed by atoms with Gasteiger partial charge in [-0.2, -0.15) is 0 Å². The normalized spacial score (nSPS) is 11.5. The molecule has 0 aliphatic carbocycles. The number of carbonyl (C=O) groups excluding carboxylic acids is 1. The number of carbonyl (C=O) groups is 1. The Morgan fingerprint density at radius 2 is 1.45 bits per heavy atom. The molecule has 7 heteroatoms. The molecule has 0 aliphatic heterocycles. The molecule has 4 aromatic carbocycles. The fourth-order valence-electron chi connectivity index (χ4n) is 3.73.